The Balaban J connectivity index is 2.28. The Morgan fingerprint density at radius 3 is 3.13 bits per heavy atom. The van der Waals surface area contributed by atoms with Gasteiger partial charge in [0, 0.05) is 11.8 Å². The van der Waals surface area contributed by atoms with E-state index in [9.17, 15) is 9.90 Å². The second kappa shape index (κ2) is 3.70. The van der Waals surface area contributed by atoms with Crippen LogP contribution in [0.2, 0.25) is 0 Å². The maximum absolute atomic E-state index is 11.4. The first-order chi connectivity index (χ1) is 7.15. The van der Waals surface area contributed by atoms with Gasteiger partial charge in [-0.25, -0.2) is 4.79 Å². The third-order valence-corrected chi connectivity index (χ3v) is 3.14. The highest BCUT2D eigenvalue weighted by Crippen LogP contribution is 2.44. The van der Waals surface area contributed by atoms with E-state index in [1.807, 2.05) is 0 Å². The number of hydrogen-bond donors (Lipinski definition) is 1. The first-order valence-corrected chi connectivity index (χ1v) is 4.94. The number of esters is 1. The minimum absolute atomic E-state index is 0.00583. The first kappa shape index (κ1) is 10.2. The monoisotopic (exact) mass is 210 g/mol. The van der Waals surface area contributed by atoms with E-state index in [0.717, 1.165) is 18.4 Å². The second-order valence-electron chi connectivity index (χ2n) is 3.92. The predicted octanol–water partition coefficient (Wildman–Crippen LogP) is 0.974. The molecule has 15 heavy (non-hydrogen) atoms. The smallest absolute Gasteiger partial charge is 0.337 e. The van der Waals surface area contributed by atoms with Gasteiger partial charge in [0.2, 0.25) is 6.29 Å². The maximum atomic E-state index is 11.4. The lowest BCUT2D eigenvalue weighted by Gasteiger charge is -2.30. The lowest BCUT2D eigenvalue weighted by molar-refractivity contribution is -0.141. The van der Waals surface area contributed by atoms with Crippen molar-refractivity contribution in [3.63, 3.8) is 0 Å². The molecule has 1 heterocycles. The van der Waals surface area contributed by atoms with Gasteiger partial charge in [-0.1, -0.05) is 12.2 Å². The van der Waals surface area contributed by atoms with Crippen molar-refractivity contribution < 1.29 is 19.4 Å². The summed E-state index contributed by atoms with van der Waals surface area (Å²) in [6.07, 6.45) is 2.09. The van der Waals surface area contributed by atoms with Crippen molar-refractivity contribution in [1.82, 2.24) is 0 Å². The Morgan fingerprint density at radius 1 is 1.73 bits per heavy atom. The summed E-state index contributed by atoms with van der Waals surface area (Å²) in [4.78, 5) is 11.4. The van der Waals surface area contributed by atoms with Crippen molar-refractivity contribution in [2.75, 3.05) is 7.11 Å². The van der Waals surface area contributed by atoms with Crippen LogP contribution >= 0.6 is 0 Å². The standard InChI is InChI=1S/C11H14O4/c1-6-3-4-7-8(10(12)14-2)5-15-11(13)9(6)7/h5,7,9,11,13H,1,3-4H2,2H3. The van der Waals surface area contributed by atoms with E-state index in [2.05, 4.69) is 11.3 Å². The zero-order valence-corrected chi connectivity index (χ0v) is 8.60. The van der Waals surface area contributed by atoms with Gasteiger partial charge >= 0.3 is 5.97 Å². The van der Waals surface area contributed by atoms with E-state index in [0.29, 0.717) is 5.57 Å². The van der Waals surface area contributed by atoms with Crippen LogP contribution in [0, 0.1) is 11.8 Å². The highest BCUT2D eigenvalue weighted by molar-refractivity contribution is 5.89. The zero-order chi connectivity index (χ0) is 11.0. The molecule has 0 aromatic rings. The quantitative estimate of drug-likeness (QED) is 0.517. The summed E-state index contributed by atoms with van der Waals surface area (Å²) >= 11 is 0. The number of methoxy groups -OCH3 is 1. The fourth-order valence-electron chi connectivity index (χ4n) is 2.35. The normalized spacial score (nSPS) is 34.1. The van der Waals surface area contributed by atoms with Gasteiger partial charge in [-0.15, -0.1) is 0 Å². The molecule has 4 heteroatoms. The minimum atomic E-state index is -0.876. The molecule has 3 unspecified atom stereocenters. The molecule has 3 atom stereocenters. The average Bonchev–Trinajstić information content (AvgIpc) is 2.61. The Bertz CT molecular complexity index is 331. The number of ether oxygens (including phenoxy) is 2. The van der Waals surface area contributed by atoms with Gasteiger partial charge < -0.3 is 14.6 Å². The summed E-state index contributed by atoms with van der Waals surface area (Å²) in [7, 11) is 1.34. The fourth-order valence-corrected chi connectivity index (χ4v) is 2.35. The molecule has 1 aliphatic heterocycles. The summed E-state index contributed by atoms with van der Waals surface area (Å²) in [6.45, 7) is 3.89. The van der Waals surface area contributed by atoms with Crippen LogP contribution in [0.4, 0.5) is 0 Å². The van der Waals surface area contributed by atoms with Crippen LogP contribution in [-0.2, 0) is 14.3 Å². The molecule has 4 nitrogen and oxygen atoms in total. The van der Waals surface area contributed by atoms with Gasteiger partial charge in [0.25, 0.3) is 0 Å². The molecular weight excluding hydrogens is 196 g/mol. The van der Waals surface area contributed by atoms with Crippen LogP contribution < -0.4 is 0 Å². The van der Waals surface area contributed by atoms with Crippen molar-refractivity contribution in [2.24, 2.45) is 11.8 Å². The number of rotatable bonds is 1. The van der Waals surface area contributed by atoms with Gasteiger partial charge in [-0.05, 0) is 12.8 Å². The highest BCUT2D eigenvalue weighted by Gasteiger charge is 2.43. The number of aliphatic hydroxyl groups is 1. The topological polar surface area (TPSA) is 55.8 Å². The van der Waals surface area contributed by atoms with Gasteiger partial charge in [-0.2, -0.15) is 0 Å². The molecule has 1 N–H and O–H groups in total. The summed E-state index contributed by atoms with van der Waals surface area (Å²) in [5, 5.41) is 9.64. The Hall–Kier alpha value is -1.29. The third-order valence-electron chi connectivity index (χ3n) is 3.14. The van der Waals surface area contributed by atoms with Gasteiger partial charge in [0.1, 0.15) is 0 Å². The van der Waals surface area contributed by atoms with E-state index >= 15 is 0 Å². The van der Waals surface area contributed by atoms with Crippen LogP contribution in [0.1, 0.15) is 12.8 Å². The Kier molecular flexibility index (Phi) is 2.52. The molecule has 0 amide bonds. The highest BCUT2D eigenvalue weighted by atomic mass is 16.6. The number of carbonyl (C=O) groups is 1. The van der Waals surface area contributed by atoms with Crippen molar-refractivity contribution in [3.8, 4) is 0 Å². The first-order valence-electron chi connectivity index (χ1n) is 4.94. The molecule has 2 aliphatic rings. The Morgan fingerprint density at radius 2 is 2.47 bits per heavy atom. The molecule has 0 spiro atoms. The molecule has 82 valence electrons. The molecular formula is C11H14O4. The molecule has 1 aliphatic carbocycles. The molecule has 0 radical (unpaired) electrons. The summed E-state index contributed by atoms with van der Waals surface area (Å²) in [5.41, 5.74) is 1.45. The Labute approximate surface area is 88.2 Å². The third kappa shape index (κ3) is 1.55. The lowest BCUT2D eigenvalue weighted by atomic mass is 9.86. The molecule has 2 rings (SSSR count). The number of carbonyl (C=O) groups excluding carboxylic acids is 1. The van der Waals surface area contributed by atoms with Crippen LogP contribution in [0.15, 0.2) is 24.0 Å². The average molecular weight is 210 g/mol. The van der Waals surface area contributed by atoms with E-state index in [4.69, 9.17) is 4.74 Å². The van der Waals surface area contributed by atoms with E-state index in [1.54, 1.807) is 0 Å². The van der Waals surface area contributed by atoms with Gasteiger partial charge in [0.05, 0.1) is 18.9 Å². The number of hydrogen-bond acceptors (Lipinski definition) is 4. The minimum Gasteiger partial charge on any atom is -0.472 e. The van der Waals surface area contributed by atoms with Crippen LogP contribution in [0.5, 0.6) is 0 Å². The maximum Gasteiger partial charge on any atom is 0.337 e. The van der Waals surface area contributed by atoms with Gasteiger partial charge in [-0.3, -0.25) is 0 Å². The van der Waals surface area contributed by atoms with Crippen LogP contribution in [-0.4, -0.2) is 24.5 Å². The second-order valence-corrected chi connectivity index (χ2v) is 3.92. The summed E-state index contributed by atoms with van der Waals surface area (Å²) in [6, 6.07) is 0. The molecule has 0 bridgehead atoms. The van der Waals surface area contributed by atoms with Crippen molar-refractivity contribution in [3.05, 3.63) is 24.0 Å². The number of fused-ring (bicyclic) bond motifs is 1. The van der Waals surface area contributed by atoms with Crippen molar-refractivity contribution >= 4 is 5.97 Å². The predicted molar refractivity (Wildman–Crippen MR) is 52.5 cm³/mol. The largest absolute Gasteiger partial charge is 0.472 e. The van der Waals surface area contributed by atoms with Crippen molar-refractivity contribution in [2.45, 2.75) is 19.1 Å². The molecule has 1 fully saturated rings. The molecule has 1 saturated carbocycles. The SMILES string of the molecule is C=C1CCC2C(C(=O)OC)=COC(O)C12. The molecule has 0 saturated heterocycles. The van der Waals surface area contributed by atoms with E-state index in [-0.39, 0.29) is 17.8 Å². The lowest BCUT2D eigenvalue weighted by Crippen LogP contribution is -2.33. The molecule has 0 aromatic carbocycles. The zero-order valence-electron chi connectivity index (χ0n) is 8.60. The van der Waals surface area contributed by atoms with Crippen LogP contribution in [0.25, 0.3) is 0 Å². The van der Waals surface area contributed by atoms with E-state index < -0.39 is 6.29 Å². The number of aliphatic hydroxyl groups excluding tert-OH is 1. The molecule has 0 aromatic heterocycles. The van der Waals surface area contributed by atoms with E-state index in [1.165, 1.54) is 13.4 Å². The van der Waals surface area contributed by atoms with Crippen LogP contribution in [0.3, 0.4) is 0 Å². The van der Waals surface area contributed by atoms with Gasteiger partial charge in [0.15, 0.2) is 0 Å². The fraction of sp³-hybridized carbons (Fsp3) is 0.545. The summed E-state index contributed by atoms with van der Waals surface area (Å²) < 4.78 is 9.70. The summed E-state index contributed by atoms with van der Waals surface area (Å²) in [5.74, 6) is -0.551. The van der Waals surface area contributed by atoms with Crippen molar-refractivity contribution in [1.29, 1.82) is 0 Å².